The first-order valence-electron chi connectivity index (χ1n) is 5.92. The summed E-state index contributed by atoms with van der Waals surface area (Å²) in [5, 5.41) is 10.1. The molecule has 1 aliphatic carbocycles. The first-order chi connectivity index (χ1) is 7.45. The van der Waals surface area contributed by atoms with Crippen LogP contribution in [-0.2, 0) is 5.41 Å². The first-order valence-corrected chi connectivity index (χ1v) is 5.92. The lowest BCUT2D eigenvalue weighted by Gasteiger charge is -2.28. The fourth-order valence-corrected chi connectivity index (χ4v) is 2.73. The van der Waals surface area contributed by atoms with Crippen molar-refractivity contribution in [2.24, 2.45) is 0 Å². The molecule has 0 unspecified atom stereocenters. The van der Waals surface area contributed by atoms with Crippen LogP contribution in [0.25, 0.3) is 0 Å². The van der Waals surface area contributed by atoms with E-state index in [0.717, 1.165) is 24.0 Å². The highest BCUT2D eigenvalue weighted by Crippen LogP contribution is 2.47. The zero-order chi connectivity index (χ0) is 11.9. The number of rotatable bonds is 1. The summed E-state index contributed by atoms with van der Waals surface area (Å²) < 4.78 is 0. The molecule has 1 heteroatoms. The Balaban J connectivity index is 2.53. The third-order valence-electron chi connectivity index (χ3n) is 4.22. The standard InChI is InChI=1S/C15H20O/c1-10-5-6-13(14(16)9-10)15(4)8-7-11(2)12(15)3/h5-6,9,16H,7-8H2,1-4H3/t15-/m1/s1. The number of allylic oxidation sites excluding steroid dienone is 2. The Morgan fingerprint density at radius 3 is 2.38 bits per heavy atom. The van der Waals surface area contributed by atoms with Gasteiger partial charge in [0.15, 0.2) is 0 Å². The Morgan fingerprint density at radius 1 is 1.19 bits per heavy atom. The summed E-state index contributed by atoms with van der Waals surface area (Å²) in [7, 11) is 0. The molecule has 0 saturated heterocycles. The van der Waals surface area contributed by atoms with Gasteiger partial charge in [-0.25, -0.2) is 0 Å². The van der Waals surface area contributed by atoms with Crippen LogP contribution in [0.15, 0.2) is 29.3 Å². The fraction of sp³-hybridized carbons (Fsp3) is 0.467. The van der Waals surface area contributed by atoms with E-state index in [1.165, 1.54) is 11.1 Å². The van der Waals surface area contributed by atoms with Crippen LogP contribution in [0.3, 0.4) is 0 Å². The third-order valence-corrected chi connectivity index (χ3v) is 4.22. The molecule has 1 aromatic rings. The van der Waals surface area contributed by atoms with E-state index in [-0.39, 0.29) is 5.41 Å². The quantitative estimate of drug-likeness (QED) is 0.701. The van der Waals surface area contributed by atoms with Crippen LogP contribution in [-0.4, -0.2) is 5.11 Å². The van der Waals surface area contributed by atoms with Crippen LogP contribution in [0, 0.1) is 6.92 Å². The number of aryl methyl sites for hydroxylation is 1. The van der Waals surface area contributed by atoms with E-state index in [4.69, 9.17) is 0 Å². The second kappa shape index (κ2) is 3.65. The smallest absolute Gasteiger partial charge is 0.119 e. The van der Waals surface area contributed by atoms with Gasteiger partial charge in [-0.2, -0.15) is 0 Å². The average Bonchev–Trinajstić information content (AvgIpc) is 2.47. The van der Waals surface area contributed by atoms with E-state index < -0.39 is 0 Å². The Kier molecular flexibility index (Phi) is 2.57. The normalized spacial score (nSPS) is 25.2. The molecule has 16 heavy (non-hydrogen) atoms. The van der Waals surface area contributed by atoms with Crippen molar-refractivity contribution in [1.29, 1.82) is 0 Å². The van der Waals surface area contributed by atoms with E-state index in [2.05, 4.69) is 32.9 Å². The maximum absolute atomic E-state index is 10.1. The molecule has 1 aliphatic rings. The summed E-state index contributed by atoms with van der Waals surface area (Å²) in [6.07, 6.45) is 2.26. The van der Waals surface area contributed by atoms with E-state index in [9.17, 15) is 5.11 Å². The summed E-state index contributed by atoms with van der Waals surface area (Å²) >= 11 is 0. The number of aromatic hydroxyl groups is 1. The molecule has 0 radical (unpaired) electrons. The van der Waals surface area contributed by atoms with Gasteiger partial charge in [0.2, 0.25) is 0 Å². The van der Waals surface area contributed by atoms with Crippen molar-refractivity contribution in [2.45, 2.75) is 46.0 Å². The van der Waals surface area contributed by atoms with Gasteiger partial charge in [0, 0.05) is 11.0 Å². The maximum atomic E-state index is 10.1. The number of phenols is 1. The Labute approximate surface area is 97.8 Å². The van der Waals surface area contributed by atoms with E-state index >= 15 is 0 Å². The van der Waals surface area contributed by atoms with Crippen LogP contribution in [0.4, 0.5) is 0 Å². The highest BCUT2D eigenvalue weighted by atomic mass is 16.3. The van der Waals surface area contributed by atoms with Gasteiger partial charge < -0.3 is 5.11 Å². The Hall–Kier alpha value is -1.24. The van der Waals surface area contributed by atoms with Gasteiger partial charge >= 0.3 is 0 Å². The first kappa shape index (κ1) is 11.3. The fourth-order valence-electron chi connectivity index (χ4n) is 2.73. The Bertz CT molecular complexity index is 457. The topological polar surface area (TPSA) is 20.2 Å². The molecule has 86 valence electrons. The summed E-state index contributed by atoms with van der Waals surface area (Å²) in [4.78, 5) is 0. The second-order valence-electron chi connectivity index (χ2n) is 5.26. The third kappa shape index (κ3) is 1.55. The molecule has 2 rings (SSSR count). The van der Waals surface area contributed by atoms with Crippen molar-refractivity contribution < 1.29 is 5.11 Å². The molecule has 1 nitrogen and oxygen atoms in total. The lowest BCUT2D eigenvalue weighted by atomic mass is 9.76. The van der Waals surface area contributed by atoms with Crippen LogP contribution in [0.1, 0.15) is 44.7 Å². The largest absolute Gasteiger partial charge is 0.508 e. The molecule has 0 spiro atoms. The molecule has 1 aromatic carbocycles. The van der Waals surface area contributed by atoms with Crippen molar-refractivity contribution in [3.8, 4) is 5.75 Å². The van der Waals surface area contributed by atoms with Gasteiger partial charge in [0.25, 0.3) is 0 Å². The molecular weight excluding hydrogens is 196 g/mol. The van der Waals surface area contributed by atoms with Crippen molar-refractivity contribution in [3.05, 3.63) is 40.5 Å². The Morgan fingerprint density at radius 2 is 1.88 bits per heavy atom. The van der Waals surface area contributed by atoms with Crippen molar-refractivity contribution >= 4 is 0 Å². The lowest BCUT2D eigenvalue weighted by molar-refractivity contribution is 0.441. The molecule has 0 amide bonds. The summed E-state index contributed by atoms with van der Waals surface area (Å²) in [5.41, 5.74) is 5.12. The monoisotopic (exact) mass is 216 g/mol. The number of phenolic OH excluding ortho intramolecular Hbond substituents is 1. The summed E-state index contributed by atoms with van der Waals surface area (Å²) in [5.74, 6) is 0.441. The maximum Gasteiger partial charge on any atom is 0.119 e. The zero-order valence-corrected chi connectivity index (χ0v) is 10.6. The molecule has 1 N–H and O–H groups in total. The molecule has 0 fully saturated rings. The molecule has 0 saturated carbocycles. The van der Waals surface area contributed by atoms with Gasteiger partial charge in [-0.15, -0.1) is 0 Å². The van der Waals surface area contributed by atoms with Gasteiger partial charge in [0.1, 0.15) is 5.75 Å². The van der Waals surface area contributed by atoms with Crippen molar-refractivity contribution in [1.82, 2.24) is 0 Å². The minimum atomic E-state index is 0.0296. The minimum Gasteiger partial charge on any atom is -0.508 e. The predicted octanol–water partition coefficient (Wildman–Crippen LogP) is 4.09. The number of hydrogen-bond donors (Lipinski definition) is 1. The lowest BCUT2D eigenvalue weighted by Crippen LogP contribution is -2.20. The highest BCUT2D eigenvalue weighted by molar-refractivity contribution is 5.48. The molecule has 0 aromatic heterocycles. The van der Waals surface area contributed by atoms with Crippen molar-refractivity contribution in [3.63, 3.8) is 0 Å². The summed E-state index contributed by atoms with van der Waals surface area (Å²) in [6, 6.07) is 6.02. The van der Waals surface area contributed by atoms with E-state index in [0.29, 0.717) is 5.75 Å². The van der Waals surface area contributed by atoms with Crippen molar-refractivity contribution in [2.75, 3.05) is 0 Å². The molecule has 0 bridgehead atoms. The van der Waals surface area contributed by atoms with E-state index in [1.54, 1.807) is 0 Å². The highest BCUT2D eigenvalue weighted by Gasteiger charge is 2.35. The predicted molar refractivity (Wildman–Crippen MR) is 67.8 cm³/mol. The van der Waals surface area contributed by atoms with Gasteiger partial charge in [-0.1, -0.05) is 30.2 Å². The molecule has 0 heterocycles. The van der Waals surface area contributed by atoms with Crippen LogP contribution in [0.5, 0.6) is 5.75 Å². The zero-order valence-electron chi connectivity index (χ0n) is 10.6. The summed E-state index contributed by atoms with van der Waals surface area (Å²) in [6.45, 7) is 8.64. The van der Waals surface area contributed by atoms with Gasteiger partial charge in [0.05, 0.1) is 0 Å². The SMILES string of the molecule is CC1=C(C)[C@](C)(c2ccc(C)cc2O)CC1. The molecular formula is C15H20O. The van der Waals surface area contributed by atoms with Crippen LogP contribution < -0.4 is 0 Å². The average molecular weight is 216 g/mol. The van der Waals surface area contributed by atoms with E-state index in [1.807, 2.05) is 13.0 Å². The molecule has 0 aliphatic heterocycles. The van der Waals surface area contributed by atoms with Crippen LogP contribution >= 0.6 is 0 Å². The van der Waals surface area contributed by atoms with Gasteiger partial charge in [-0.3, -0.25) is 0 Å². The van der Waals surface area contributed by atoms with Gasteiger partial charge in [-0.05, 0) is 45.2 Å². The molecule has 1 atom stereocenters. The number of hydrogen-bond acceptors (Lipinski definition) is 1. The minimum absolute atomic E-state index is 0.0296. The van der Waals surface area contributed by atoms with Crippen LogP contribution in [0.2, 0.25) is 0 Å². The second-order valence-corrected chi connectivity index (χ2v) is 5.26. The number of benzene rings is 1.